The second-order valence-electron chi connectivity index (χ2n) is 3.44. The van der Waals surface area contributed by atoms with E-state index in [1.165, 1.54) is 0 Å². The van der Waals surface area contributed by atoms with Crippen LogP contribution >= 0.6 is 0 Å². The minimum Gasteiger partial charge on any atom is -0.398 e. The second kappa shape index (κ2) is 3.27. The van der Waals surface area contributed by atoms with E-state index in [0.717, 1.165) is 16.7 Å². The molecule has 0 amide bonds. The van der Waals surface area contributed by atoms with Crippen LogP contribution in [0.4, 0.5) is 5.69 Å². The number of nitrogens with zero attached hydrogens (tertiary/aromatic N) is 1. The van der Waals surface area contributed by atoms with Gasteiger partial charge in [-0.3, -0.25) is 0 Å². The third kappa shape index (κ3) is 1.63. The molecule has 0 fully saturated rings. The Hall–Kier alpha value is -2.04. The Labute approximate surface area is 85.9 Å². The van der Waals surface area contributed by atoms with Crippen molar-refractivity contribution < 1.29 is 4.42 Å². The molecular formula is C10H11N3O2. The molecule has 0 saturated heterocycles. The summed E-state index contributed by atoms with van der Waals surface area (Å²) in [6, 6.07) is 3.68. The van der Waals surface area contributed by atoms with Crippen molar-refractivity contribution in [1.29, 1.82) is 0 Å². The number of H-pyrrole nitrogens is 1. The van der Waals surface area contributed by atoms with Crippen molar-refractivity contribution in [2.45, 2.75) is 13.8 Å². The Balaban J connectivity index is 2.63. The van der Waals surface area contributed by atoms with E-state index >= 15 is 0 Å². The van der Waals surface area contributed by atoms with Gasteiger partial charge in [0.1, 0.15) is 0 Å². The first-order valence-corrected chi connectivity index (χ1v) is 4.50. The molecule has 0 spiro atoms. The maximum Gasteiger partial charge on any atom is 0.434 e. The first-order chi connectivity index (χ1) is 7.08. The van der Waals surface area contributed by atoms with E-state index in [0.29, 0.717) is 5.69 Å². The van der Waals surface area contributed by atoms with E-state index in [-0.39, 0.29) is 5.89 Å². The van der Waals surface area contributed by atoms with Crippen LogP contribution in [0.15, 0.2) is 21.3 Å². The fourth-order valence-electron chi connectivity index (χ4n) is 1.44. The first kappa shape index (κ1) is 9.51. The summed E-state index contributed by atoms with van der Waals surface area (Å²) in [6.07, 6.45) is 0. The molecule has 0 aliphatic rings. The molecular weight excluding hydrogens is 194 g/mol. The number of benzene rings is 1. The van der Waals surface area contributed by atoms with Crippen molar-refractivity contribution in [3.8, 4) is 11.5 Å². The van der Waals surface area contributed by atoms with Crippen LogP contribution in [0.2, 0.25) is 0 Å². The molecule has 0 atom stereocenters. The van der Waals surface area contributed by atoms with Gasteiger partial charge < -0.3 is 10.2 Å². The average Bonchev–Trinajstić information content (AvgIpc) is 2.58. The van der Waals surface area contributed by atoms with Gasteiger partial charge in [-0.25, -0.2) is 9.89 Å². The summed E-state index contributed by atoms with van der Waals surface area (Å²) in [5, 5.41) is 5.97. The van der Waals surface area contributed by atoms with Gasteiger partial charge in [-0.1, -0.05) is 6.07 Å². The summed E-state index contributed by atoms with van der Waals surface area (Å²) in [4.78, 5) is 10.8. The van der Waals surface area contributed by atoms with Crippen molar-refractivity contribution in [3.05, 3.63) is 33.8 Å². The number of aromatic nitrogens is 2. The summed E-state index contributed by atoms with van der Waals surface area (Å²) < 4.78 is 4.87. The molecule has 1 aromatic carbocycles. The van der Waals surface area contributed by atoms with Gasteiger partial charge >= 0.3 is 5.76 Å². The summed E-state index contributed by atoms with van der Waals surface area (Å²) in [5.74, 6) is -0.298. The van der Waals surface area contributed by atoms with Crippen LogP contribution in [0.1, 0.15) is 11.1 Å². The zero-order valence-electron chi connectivity index (χ0n) is 8.50. The van der Waals surface area contributed by atoms with Crippen molar-refractivity contribution in [3.63, 3.8) is 0 Å². The molecule has 2 rings (SSSR count). The minimum absolute atomic E-state index is 0.268. The van der Waals surface area contributed by atoms with Crippen LogP contribution in [-0.2, 0) is 0 Å². The number of anilines is 1. The summed E-state index contributed by atoms with van der Waals surface area (Å²) in [5.41, 5.74) is 9.13. The Kier molecular flexibility index (Phi) is 2.07. The first-order valence-electron chi connectivity index (χ1n) is 4.50. The van der Waals surface area contributed by atoms with Crippen molar-refractivity contribution in [2.75, 3.05) is 5.73 Å². The van der Waals surface area contributed by atoms with Crippen LogP contribution in [0.25, 0.3) is 11.5 Å². The fraction of sp³-hybridized carbons (Fsp3) is 0.200. The molecule has 0 saturated carbocycles. The van der Waals surface area contributed by atoms with E-state index in [1.54, 1.807) is 6.07 Å². The summed E-state index contributed by atoms with van der Waals surface area (Å²) in [6.45, 7) is 3.84. The number of aryl methyl sites for hydroxylation is 2. The van der Waals surface area contributed by atoms with Crippen LogP contribution in [0.5, 0.6) is 0 Å². The largest absolute Gasteiger partial charge is 0.434 e. The van der Waals surface area contributed by atoms with Crippen molar-refractivity contribution >= 4 is 5.69 Å². The third-order valence-electron chi connectivity index (χ3n) is 2.28. The Morgan fingerprint density at radius 1 is 1.33 bits per heavy atom. The lowest BCUT2D eigenvalue weighted by molar-refractivity contribution is 0.526. The molecule has 0 aliphatic heterocycles. The van der Waals surface area contributed by atoms with Crippen LogP contribution in [0.3, 0.4) is 0 Å². The molecule has 0 bridgehead atoms. The maximum atomic E-state index is 10.8. The second-order valence-corrected chi connectivity index (χ2v) is 3.44. The van der Waals surface area contributed by atoms with E-state index in [9.17, 15) is 4.79 Å². The number of hydrogen-bond donors (Lipinski definition) is 2. The molecule has 78 valence electrons. The SMILES string of the molecule is Cc1cc(C)c(-c2n[nH]c(=O)o2)cc1N. The van der Waals surface area contributed by atoms with Gasteiger partial charge in [-0.2, -0.15) is 0 Å². The smallest absolute Gasteiger partial charge is 0.398 e. The zero-order valence-corrected chi connectivity index (χ0v) is 8.50. The average molecular weight is 205 g/mol. The van der Waals surface area contributed by atoms with Gasteiger partial charge in [-0.05, 0) is 31.0 Å². The number of rotatable bonds is 1. The summed E-state index contributed by atoms with van der Waals surface area (Å²) >= 11 is 0. The highest BCUT2D eigenvalue weighted by molar-refractivity contribution is 5.66. The quantitative estimate of drug-likeness (QED) is 0.685. The highest BCUT2D eigenvalue weighted by atomic mass is 16.4. The molecule has 2 aromatic rings. The summed E-state index contributed by atoms with van der Waals surface area (Å²) in [7, 11) is 0. The topological polar surface area (TPSA) is 84.9 Å². The van der Waals surface area contributed by atoms with Crippen LogP contribution in [-0.4, -0.2) is 10.2 Å². The van der Waals surface area contributed by atoms with Crippen LogP contribution in [0, 0.1) is 13.8 Å². The molecule has 0 radical (unpaired) electrons. The van der Waals surface area contributed by atoms with Gasteiger partial charge in [0.2, 0.25) is 5.89 Å². The molecule has 0 unspecified atom stereocenters. The highest BCUT2D eigenvalue weighted by Gasteiger charge is 2.10. The Bertz CT molecular complexity index is 554. The van der Waals surface area contributed by atoms with Gasteiger partial charge in [0.15, 0.2) is 0 Å². The monoisotopic (exact) mass is 205 g/mol. The number of nitrogen functional groups attached to an aromatic ring is 1. The molecule has 0 aliphatic carbocycles. The van der Waals surface area contributed by atoms with Gasteiger partial charge in [-0.15, -0.1) is 5.10 Å². The molecule has 5 heteroatoms. The predicted octanol–water partition coefficient (Wildman–Crippen LogP) is 1.23. The lowest BCUT2D eigenvalue weighted by Crippen LogP contribution is -1.94. The predicted molar refractivity (Wildman–Crippen MR) is 56.4 cm³/mol. The molecule has 1 heterocycles. The van der Waals surface area contributed by atoms with Crippen molar-refractivity contribution in [1.82, 2.24) is 10.2 Å². The Morgan fingerprint density at radius 2 is 2.07 bits per heavy atom. The standard InChI is InChI=1S/C10H11N3O2/c1-5-3-6(2)8(11)4-7(5)9-12-13-10(14)15-9/h3-4H,11H2,1-2H3,(H,13,14). The van der Waals surface area contributed by atoms with E-state index < -0.39 is 5.76 Å². The lowest BCUT2D eigenvalue weighted by atomic mass is 10.0. The van der Waals surface area contributed by atoms with Crippen LogP contribution < -0.4 is 11.5 Å². The van der Waals surface area contributed by atoms with Gasteiger partial charge in [0, 0.05) is 11.3 Å². The minimum atomic E-state index is -0.566. The third-order valence-corrected chi connectivity index (χ3v) is 2.28. The number of hydrogen-bond acceptors (Lipinski definition) is 4. The number of aromatic amines is 1. The zero-order chi connectivity index (χ0) is 11.0. The molecule has 15 heavy (non-hydrogen) atoms. The van der Waals surface area contributed by atoms with E-state index in [4.69, 9.17) is 10.2 Å². The molecule has 5 nitrogen and oxygen atoms in total. The van der Waals surface area contributed by atoms with E-state index in [2.05, 4.69) is 10.2 Å². The highest BCUT2D eigenvalue weighted by Crippen LogP contribution is 2.25. The maximum absolute atomic E-state index is 10.8. The van der Waals surface area contributed by atoms with Gasteiger partial charge in [0.05, 0.1) is 0 Å². The lowest BCUT2D eigenvalue weighted by Gasteiger charge is -2.05. The molecule has 1 aromatic heterocycles. The number of nitrogens with two attached hydrogens (primary N) is 1. The van der Waals surface area contributed by atoms with E-state index in [1.807, 2.05) is 19.9 Å². The Morgan fingerprint density at radius 3 is 2.67 bits per heavy atom. The normalized spacial score (nSPS) is 10.5. The number of nitrogens with one attached hydrogen (secondary N) is 1. The van der Waals surface area contributed by atoms with Crippen molar-refractivity contribution in [2.24, 2.45) is 0 Å². The van der Waals surface area contributed by atoms with Gasteiger partial charge in [0.25, 0.3) is 0 Å². The molecule has 3 N–H and O–H groups in total. The fourth-order valence-corrected chi connectivity index (χ4v) is 1.44.